The van der Waals surface area contributed by atoms with Crippen molar-refractivity contribution in [2.45, 2.75) is 33.2 Å². The van der Waals surface area contributed by atoms with E-state index in [-0.39, 0.29) is 0 Å². The normalized spacial score (nSPS) is 12.0. The highest BCUT2D eigenvalue weighted by molar-refractivity contribution is 7.87. The summed E-state index contributed by atoms with van der Waals surface area (Å²) in [6.07, 6.45) is 1.79. The molecular formula is C15H27N3O2S. The fourth-order valence-corrected chi connectivity index (χ4v) is 2.84. The van der Waals surface area contributed by atoms with Crippen molar-refractivity contribution >= 4 is 10.2 Å². The minimum Gasteiger partial charge on any atom is -0.317 e. The van der Waals surface area contributed by atoms with Crippen LogP contribution in [0, 0.1) is 0 Å². The average molecular weight is 313 g/mol. The quantitative estimate of drug-likeness (QED) is 0.644. The first kappa shape index (κ1) is 18.1. The number of benzene rings is 1. The lowest BCUT2D eigenvalue weighted by atomic mass is 10.1. The van der Waals surface area contributed by atoms with Gasteiger partial charge in [-0.3, -0.25) is 0 Å². The zero-order chi connectivity index (χ0) is 15.7. The molecule has 0 saturated carbocycles. The van der Waals surface area contributed by atoms with Crippen LogP contribution in [-0.4, -0.2) is 39.4 Å². The molecule has 0 spiro atoms. The van der Waals surface area contributed by atoms with Crippen LogP contribution >= 0.6 is 0 Å². The first-order valence-electron chi connectivity index (χ1n) is 7.49. The molecule has 0 heterocycles. The molecule has 5 nitrogen and oxygen atoms in total. The lowest BCUT2D eigenvalue weighted by molar-refractivity contribution is 0.445. The van der Waals surface area contributed by atoms with Crippen molar-refractivity contribution in [2.24, 2.45) is 0 Å². The van der Waals surface area contributed by atoms with E-state index in [1.165, 1.54) is 9.87 Å². The van der Waals surface area contributed by atoms with Crippen LogP contribution in [-0.2, 0) is 23.2 Å². The molecule has 0 bridgehead atoms. The average Bonchev–Trinajstić information content (AvgIpc) is 2.50. The Balaban J connectivity index is 2.43. The van der Waals surface area contributed by atoms with Gasteiger partial charge in [0.25, 0.3) is 10.2 Å². The lowest BCUT2D eigenvalue weighted by Crippen LogP contribution is -2.39. The molecule has 0 aliphatic heterocycles. The molecule has 1 aromatic rings. The van der Waals surface area contributed by atoms with Gasteiger partial charge in [-0.05, 0) is 37.1 Å². The summed E-state index contributed by atoms with van der Waals surface area (Å²) in [6.45, 7) is 6.70. The fourth-order valence-electron chi connectivity index (χ4n) is 1.90. The van der Waals surface area contributed by atoms with Crippen LogP contribution in [0.1, 0.15) is 31.4 Å². The minimum atomic E-state index is -3.41. The van der Waals surface area contributed by atoms with Crippen molar-refractivity contribution < 1.29 is 8.42 Å². The summed E-state index contributed by atoms with van der Waals surface area (Å²) in [5.74, 6) is 0. The number of hydrogen-bond acceptors (Lipinski definition) is 3. The predicted molar refractivity (Wildman–Crippen MR) is 87.4 cm³/mol. The van der Waals surface area contributed by atoms with Crippen LogP contribution in [0.5, 0.6) is 0 Å². The summed E-state index contributed by atoms with van der Waals surface area (Å²) in [7, 11) is -1.80. The van der Waals surface area contributed by atoms with Gasteiger partial charge in [-0.15, -0.1) is 0 Å². The van der Waals surface area contributed by atoms with E-state index < -0.39 is 10.2 Å². The fraction of sp³-hybridized carbons (Fsp3) is 0.600. The SMILES string of the molecule is CCNCCCN(C)S(=O)(=O)NCc1ccc(CC)cc1. The summed E-state index contributed by atoms with van der Waals surface area (Å²) in [6, 6.07) is 7.99. The molecular weight excluding hydrogens is 286 g/mol. The molecule has 2 N–H and O–H groups in total. The number of hydrogen-bond donors (Lipinski definition) is 2. The van der Waals surface area contributed by atoms with E-state index in [0.29, 0.717) is 13.1 Å². The molecule has 0 atom stereocenters. The van der Waals surface area contributed by atoms with Gasteiger partial charge in [0.1, 0.15) is 0 Å². The van der Waals surface area contributed by atoms with Crippen LogP contribution in [0.25, 0.3) is 0 Å². The van der Waals surface area contributed by atoms with Gasteiger partial charge in [0.2, 0.25) is 0 Å². The van der Waals surface area contributed by atoms with Gasteiger partial charge in [-0.2, -0.15) is 17.4 Å². The number of rotatable bonds is 10. The topological polar surface area (TPSA) is 61.4 Å². The van der Waals surface area contributed by atoms with Gasteiger partial charge >= 0.3 is 0 Å². The third-order valence-electron chi connectivity index (χ3n) is 3.38. The van der Waals surface area contributed by atoms with Gasteiger partial charge < -0.3 is 5.32 Å². The molecule has 0 fully saturated rings. The Kier molecular flexibility index (Phi) is 7.88. The molecule has 0 saturated heterocycles. The van der Waals surface area contributed by atoms with Crippen molar-refractivity contribution in [2.75, 3.05) is 26.7 Å². The largest absolute Gasteiger partial charge is 0.317 e. The maximum absolute atomic E-state index is 12.1. The molecule has 0 amide bonds. The van der Waals surface area contributed by atoms with E-state index >= 15 is 0 Å². The summed E-state index contributed by atoms with van der Waals surface area (Å²) >= 11 is 0. The molecule has 0 unspecified atom stereocenters. The standard InChI is InChI=1S/C15H27N3O2S/c1-4-14-7-9-15(10-8-14)13-17-21(19,20)18(3)12-6-11-16-5-2/h7-10,16-17H,4-6,11-13H2,1-3H3. The number of nitrogens with one attached hydrogen (secondary N) is 2. The van der Waals surface area contributed by atoms with Crippen molar-refractivity contribution in [1.82, 2.24) is 14.3 Å². The molecule has 6 heteroatoms. The Hall–Kier alpha value is -0.950. The van der Waals surface area contributed by atoms with Crippen LogP contribution in [0.2, 0.25) is 0 Å². The van der Waals surface area contributed by atoms with E-state index in [1.54, 1.807) is 7.05 Å². The first-order valence-corrected chi connectivity index (χ1v) is 8.93. The highest BCUT2D eigenvalue weighted by Crippen LogP contribution is 2.06. The van der Waals surface area contributed by atoms with Crippen LogP contribution in [0.3, 0.4) is 0 Å². The van der Waals surface area contributed by atoms with Crippen LogP contribution in [0.15, 0.2) is 24.3 Å². The summed E-state index contributed by atoms with van der Waals surface area (Å²) in [4.78, 5) is 0. The third-order valence-corrected chi connectivity index (χ3v) is 4.89. The smallest absolute Gasteiger partial charge is 0.279 e. The molecule has 1 aromatic carbocycles. The van der Waals surface area contributed by atoms with E-state index in [9.17, 15) is 8.42 Å². The Morgan fingerprint density at radius 1 is 1.10 bits per heavy atom. The maximum Gasteiger partial charge on any atom is 0.279 e. The predicted octanol–water partition coefficient (Wildman–Crippen LogP) is 1.51. The second-order valence-corrected chi connectivity index (χ2v) is 6.89. The first-order chi connectivity index (χ1) is 9.99. The zero-order valence-electron chi connectivity index (χ0n) is 13.2. The Morgan fingerprint density at radius 2 is 1.71 bits per heavy atom. The van der Waals surface area contributed by atoms with Gasteiger partial charge in [0, 0.05) is 20.1 Å². The summed E-state index contributed by atoms with van der Waals surface area (Å²) in [5, 5.41) is 3.18. The second kappa shape index (κ2) is 9.15. The highest BCUT2D eigenvalue weighted by Gasteiger charge is 2.16. The molecule has 0 radical (unpaired) electrons. The van der Waals surface area contributed by atoms with Gasteiger partial charge in [0.15, 0.2) is 0 Å². The molecule has 0 aromatic heterocycles. The highest BCUT2D eigenvalue weighted by atomic mass is 32.2. The van der Waals surface area contributed by atoms with E-state index in [4.69, 9.17) is 0 Å². The van der Waals surface area contributed by atoms with Crippen LogP contribution < -0.4 is 10.0 Å². The lowest BCUT2D eigenvalue weighted by Gasteiger charge is -2.17. The Bertz CT molecular complexity index is 500. The van der Waals surface area contributed by atoms with Crippen molar-refractivity contribution in [3.05, 3.63) is 35.4 Å². The Labute approximate surface area is 128 Å². The molecule has 0 aliphatic rings. The Morgan fingerprint density at radius 3 is 2.29 bits per heavy atom. The molecule has 120 valence electrons. The molecule has 0 aliphatic carbocycles. The van der Waals surface area contributed by atoms with Gasteiger partial charge in [-0.25, -0.2) is 0 Å². The summed E-state index contributed by atoms with van der Waals surface area (Å²) in [5.41, 5.74) is 2.22. The second-order valence-electron chi connectivity index (χ2n) is 5.02. The van der Waals surface area contributed by atoms with Crippen molar-refractivity contribution in [3.8, 4) is 0 Å². The van der Waals surface area contributed by atoms with E-state index in [1.807, 2.05) is 31.2 Å². The third kappa shape index (κ3) is 6.56. The molecule has 1 rings (SSSR count). The van der Waals surface area contributed by atoms with E-state index in [2.05, 4.69) is 17.0 Å². The number of aryl methyl sites for hydroxylation is 1. The minimum absolute atomic E-state index is 0.323. The van der Waals surface area contributed by atoms with Gasteiger partial charge in [0.05, 0.1) is 0 Å². The zero-order valence-corrected chi connectivity index (χ0v) is 14.0. The molecule has 21 heavy (non-hydrogen) atoms. The van der Waals surface area contributed by atoms with Gasteiger partial charge in [-0.1, -0.05) is 38.1 Å². The monoisotopic (exact) mass is 313 g/mol. The van der Waals surface area contributed by atoms with Crippen LogP contribution in [0.4, 0.5) is 0 Å². The summed E-state index contributed by atoms with van der Waals surface area (Å²) < 4.78 is 28.2. The van der Waals surface area contributed by atoms with Crippen molar-refractivity contribution in [3.63, 3.8) is 0 Å². The number of nitrogens with zero attached hydrogens (tertiary/aromatic N) is 1. The van der Waals surface area contributed by atoms with E-state index in [0.717, 1.165) is 31.5 Å². The maximum atomic E-state index is 12.1. The van der Waals surface area contributed by atoms with Crippen molar-refractivity contribution in [1.29, 1.82) is 0 Å².